The van der Waals surface area contributed by atoms with Crippen molar-refractivity contribution in [3.63, 3.8) is 0 Å². The van der Waals surface area contributed by atoms with Gasteiger partial charge < -0.3 is 15.1 Å². The summed E-state index contributed by atoms with van der Waals surface area (Å²) in [5.74, 6) is 0.677. The van der Waals surface area contributed by atoms with E-state index in [4.69, 9.17) is 4.42 Å². The molecule has 0 spiro atoms. The molecule has 6 heteroatoms. The average Bonchev–Trinajstić information content (AvgIpc) is 3.06. The first-order valence-corrected chi connectivity index (χ1v) is 7.87. The van der Waals surface area contributed by atoms with Gasteiger partial charge in [0.05, 0.1) is 6.54 Å². The summed E-state index contributed by atoms with van der Waals surface area (Å²) in [7, 11) is 0. The third kappa shape index (κ3) is 2.80. The first kappa shape index (κ1) is 12.3. The lowest BCUT2D eigenvalue weighted by atomic mass is 9.84. The third-order valence-electron chi connectivity index (χ3n) is 3.85. The number of nitrogens with one attached hydrogen (secondary N) is 2. The molecule has 0 bridgehead atoms. The second-order valence-corrected chi connectivity index (χ2v) is 6.52. The van der Waals surface area contributed by atoms with E-state index in [9.17, 15) is 0 Å². The van der Waals surface area contributed by atoms with Gasteiger partial charge in [0.25, 0.3) is 0 Å². The van der Waals surface area contributed by atoms with Crippen molar-refractivity contribution in [2.75, 3.05) is 18.1 Å². The molecule has 5 nitrogen and oxygen atoms in total. The van der Waals surface area contributed by atoms with Gasteiger partial charge in [-0.1, -0.05) is 11.5 Å². The zero-order valence-corrected chi connectivity index (χ0v) is 11.6. The lowest BCUT2D eigenvalue weighted by Gasteiger charge is -2.40. The molecule has 1 heterocycles. The van der Waals surface area contributed by atoms with Gasteiger partial charge in [-0.2, -0.15) is 11.8 Å². The molecule has 0 atom stereocenters. The van der Waals surface area contributed by atoms with Crippen molar-refractivity contribution in [1.29, 1.82) is 0 Å². The van der Waals surface area contributed by atoms with E-state index >= 15 is 0 Å². The predicted molar refractivity (Wildman–Crippen MR) is 72.7 cm³/mol. The summed E-state index contributed by atoms with van der Waals surface area (Å²) in [5, 5.41) is 14.7. The molecular formula is C12H20N4OS. The van der Waals surface area contributed by atoms with Gasteiger partial charge in [-0.25, -0.2) is 0 Å². The van der Waals surface area contributed by atoms with Crippen LogP contribution in [0.3, 0.4) is 0 Å². The standard InChI is InChI=1S/C12H20N4OS/c1-18-12(5-2-6-12)8-14-11-16-15-10(17-11)7-13-9-3-4-9/h9,13H,2-8H2,1H3,(H,14,16). The monoisotopic (exact) mass is 268 g/mol. The number of nitrogens with zero attached hydrogens (tertiary/aromatic N) is 2. The number of rotatable bonds is 7. The van der Waals surface area contributed by atoms with Gasteiger partial charge in [-0.15, -0.1) is 5.10 Å². The molecule has 1 aromatic rings. The Morgan fingerprint density at radius 2 is 2.22 bits per heavy atom. The third-order valence-corrected chi connectivity index (χ3v) is 5.26. The largest absolute Gasteiger partial charge is 0.407 e. The van der Waals surface area contributed by atoms with E-state index in [0.717, 1.165) is 6.54 Å². The molecule has 0 aromatic carbocycles. The maximum absolute atomic E-state index is 5.57. The van der Waals surface area contributed by atoms with E-state index in [1.54, 1.807) is 0 Å². The van der Waals surface area contributed by atoms with E-state index in [0.29, 0.717) is 29.2 Å². The van der Waals surface area contributed by atoms with Crippen LogP contribution in [-0.4, -0.2) is 33.8 Å². The van der Waals surface area contributed by atoms with Crippen molar-refractivity contribution < 1.29 is 4.42 Å². The number of thioether (sulfide) groups is 1. The van der Waals surface area contributed by atoms with Crippen LogP contribution in [0.2, 0.25) is 0 Å². The van der Waals surface area contributed by atoms with Crippen molar-refractivity contribution in [2.45, 2.75) is 49.4 Å². The van der Waals surface area contributed by atoms with Crippen molar-refractivity contribution in [2.24, 2.45) is 0 Å². The quantitative estimate of drug-likeness (QED) is 0.789. The molecule has 2 aliphatic carbocycles. The van der Waals surface area contributed by atoms with Crippen LogP contribution in [0.5, 0.6) is 0 Å². The predicted octanol–water partition coefficient (Wildman–Crippen LogP) is 2.02. The normalized spacial score (nSPS) is 21.6. The van der Waals surface area contributed by atoms with E-state index in [1.165, 1.54) is 32.1 Å². The summed E-state index contributed by atoms with van der Waals surface area (Å²) >= 11 is 1.94. The fourth-order valence-corrected chi connectivity index (χ4v) is 3.09. The highest BCUT2D eigenvalue weighted by molar-refractivity contribution is 8.00. The van der Waals surface area contributed by atoms with Gasteiger partial charge in [-0.3, -0.25) is 0 Å². The fraction of sp³-hybridized carbons (Fsp3) is 0.833. The van der Waals surface area contributed by atoms with Crippen molar-refractivity contribution >= 4 is 17.8 Å². The van der Waals surface area contributed by atoms with Crippen molar-refractivity contribution in [3.8, 4) is 0 Å². The lowest BCUT2D eigenvalue weighted by Crippen LogP contribution is -2.40. The van der Waals surface area contributed by atoms with Gasteiger partial charge in [0.15, 0.2) is 0 Å². The molecule has 0 aliphatic heterocycles. The van der Waals surface area contributed by atoms with Gasteiger partial charge >= 0.3 is 6.01 Å². The Hall–Kier alpha value is -0.750. The van der Waals surface area contributed by atoms with Crippen LogP contribution in [-0.2, 0) is 6.54 Å². The SMILES string of the molecule is CSC1(CNc2nnc(CNC3CC3)o2)CCC1. The van der Waals surface area contributed by atoms with Crippen LogP contribution >= 0.6 is 11.8 Å². The Kier molecular flexibility index (Phi) is 3.48. The zero-order valence-electron chi connectivity index (χ0n) is 10.7. The van der Waals surface area contributed by atoms with Crippen molar-refractivity contribution in [3.05, 3.63) is 5.89 Å². The molecule has 100 valence electrons. The Labute approximate surface area is 111 Å². The van der Waals surface area contributed by atoms with E-state index in [2.05, 4.69) is 27.1 Å². The second-order valence-electron chi connectivity index (χ2n) is 5.25. The number of hydrogen-bond donors (Lipinski definition) is 2. The van der Waals surface area contributed by atoms with Gasteiger partial charge in [0.1, 0.15) is 0 Å². The van der Waals surface area contributed by atoms with Crippen LogP contribution in [0.15, 0.2) is 4.42 Å². The first-order chi connectivity index (χ1) is 8.80. The molecule has 0 saturated heterocycles. The molecule has 2 N–H and O–H groups in total. The summed E-state index contributed by atoms with van der Waals surface area (Å²) in [6, 6.07) is 1.23. The minimum atomic E-state index is 0.390. The smallest absolute Gasteiger partial charge is 0.315 e. The average molecular weight is 268 g/mol. The van der Waals surface area contributed by atoms with Crippen LogP contribution in [0.1, 0.15) is 38.0 Å². The molecule has 3 rings (SSSR count). The lowest BCUT2D eigenvalue weighted by molar-refractivity contribution is 0.375. The summed E-state index contributed by atoms with van der Waals surface area (Å²) in [5.41, 5.74) is 0. The van der Waals surface area contributed by atoms with Crippen LogP contribution in [0, 0.1) is 0 Å². The van der Waals surface area contributed by atoms with Crippen molar-refractivity contribution in [1.82, 2.24) is 15.5 Å². The summed E-state index contributed by atoms with van der Waals surface area (Å²) < 4.78 is 5.96. The second kappa shape index (κ2) is 5.09. The molecule has 2 fully saturated rings. The van der Waals surface area contributed by atoms with E-state index in [1.807, 2.05) is 11.8 Å². The van der Waals surface area contributed by atoms with Crippen LogP contribution in [0.25, 0.3) is 0 Å². The molecular weight excluding hydrogens is 248 g/mol. The molecule has 2 saturated carbocycles. The molecule has 0 amide bonds. The maximum Gasteiger partial charge on any atom is 0.315 e. The topological polar surface area (TPSA) is 63.0 Å². The minimum Gasteiger partial charge on any atom is -0.407 e. The fourth-order valence-electron chi connectivity index (χ4n) is 2.18. The first-order valence-electron chi connectivity index (χ1n) is 6.64. The minimum absolute atomic E-state index is 0.390. The summed E-state index contributed by atoms with van der Waals surface area (Å²) in [6.07, 6.45) is 8.63. The Morgan fingerprint density at radius 3 is 2.83 bits per heavy atom. The highest BCUT2D eigenvalue weighted by atomic mass is 32.2. The summed E-state index contributed by atoms with van der Waals surface area (Å²) in [6.45, 7) is 1.61. The molecule has 0 unspecified atom stereocenters. The van der Waals surface area contributed by atoms with Gasteiger partial charge in [-0.05, 0) is 31.9 Å². The Balaban J connectivity index is 1.46. The van der Waals surface area contributed by atoms with Gasteiger partial charge in [0, 0.05) is 17.3 Å². The molecule has 0 radical (unpaired) electrons. The Morgan fingerprint density at radius 1 is 1.39 bits per heavy atom. The summed E-state index contributed by atoms with van der Waals surface area (Å²) in [4.78, 5) is 0. The molecule has 18 heavy (non-hydrogen) atoms. The number of anilines is 1. The van der Waals surface area contributed by atoms with E-state index in [-0.39, 0.29) is 0 Å². The Bertz CT molecular complexity index is 395. The number of hydrogen-bond acceptors (Lipinski definition) is 6. The van der Waals surface area contributed by atoms with E-state index < -0.39 is 0 Å². The van der Waals surface area contributed by atoms with Crippen LogP contribution in [0.4, 0.5) is 6.01 Å². The van der Waals surface area contributed by atoms with Gasteiger partial charge in [0.2, 0.25) is 5.89 Å². The van der Waals surface area contributed by atoms with Crippen LogP contribution < -0.4 is 10.6 Å². The highest BCUT2D eigenvalue weighted by Crippen LogP contribution is 2.42. The molecule has 1 aromatic heterocycles. The zero-order chi connectivity index (χ0) is 12.4. The number of aromatic nitrogens is 2. The highest BCUT2D eigenvalue weighted by Gasteiger charge is 2.36. The maximum atomic E-state index is 5.57. The molecule has 2 aliphatic rings.